The van der Waals surface area contributed by atoms with Gasteiger partial charge in [0.15, 0.2) is 0 Å². The molecule has 1 aliphatic heterocycles. The van der Waals surface area contributed by atoms with Crippen LogP contribution in [0.1, 0.15) is 79.6 Å². The van der Waals surface area contributed by atoms with Crippen LogP contribution in [0.2, 0.25) is 0 Å². The second-order valence-corrected chi connectivity index (χ2v) is 14.4. The van der Waals surface area contributed by atoms with Gasteiger partial charge in [-0.25, -0.2) is 4.79 Å². The Morgan fingerprint density at radius 2 is 1.83 bits per heavy atom. The fourth-order valence-electron chi connectivity index (χ4n) is 10.8. The lowest BCUT2D eigenvalue weighted by Gasteiger charge is -2.75. The molecule has 9 nitrogen and oxygen atoms in total. The fraction of sp³-hybridized carbons (Fsp3) is 0.781. The van der Waals surface area contributed by atoms with E-state index in [9.17, 15) is 29.7 Å². The molecule has 5 rings (SSSR count). The smallest absolute Gasteiger partial charge is 0.330 e. The highest BCUT2D eigenvalue weighted by Gasteiger charge is 2.82. The van der Waals surface area contributed by atoms with Gasteiger partial charge in [-0.2, -0.15) is 0 Å². The van der Waals surface area contributed by atoms with Crippen LogP contribution >= 0.6 is 0 Å². The number of hydrogen-bond acceptors (Lipinski definition) is 9. The van der Waals surface area contributed by atoms with Crippen molar-refractivity contribution in [1.82, 2.24) is 0 Å². The maximum atomic E-state index is 14.3. The van der Waals surface area contributed by atoms with E-state index in [4.69, 9.17) is 14.2 Å². The highest BCUT2D eigenvalue weighted by Crippen LogP contribution is 2.78. The first kappa shape index (κ1) is 30.2. The Kier molecular flexibility index (Phi) is 6.92. The van der Waals surface area contributed by atoms with Gasteiger partial charge in [0.2, 0.25) is 0 Å². The van der Waals surface area contributed by atoms with Crippen LogP contribution in [0, 0.1) is 38.9 Å². The number of aliphatic hydroxyl groups excluding tert-OH is 2. The fourth-order valence-corrected chi connectivity index (χ4v) is 10.8. The molecule has 41 heavy (non-hydrogen) atoms. The first-order valence-electron chi connectivity index (χ1n) is 14.9. The van der Waals surface area contributed by atoms with Crippen molar-refractivity contribution in [2.24, 2.45) is 38.9 Å². The number of allylic oxidation sites excluding steroid dienone is 1. The van der Waals surface area contributed by atoms with E-state index in [0.717, 1.165) is 12.0 Å². The summed E-state index contributed by atoms with van der Waals surface area (Å²) in [7, 11) is 1.34. The van der Waals surface area contributed by atoms with Crippen molar-refractivity contribution in [3.8, 4) is 0 Å². The van der Waals surface area contributed by atoms with E-state index in [2.05, 4.69) is 6.58 Å². The van der Waals surface area contributed by atoms with Crippen molar-refractivity contribution >= 4 is 17.9 Å². The third-order valence-corrected chi connectivity index (χ3v) is 12.8. The third-order valence-electron chi connectivity index (χ3n) is 12.8. The van der Waals surface area contributed by atoms with Gasteiger partial charge in [-0.1, -0.05) is 39.0 Å². The number of carbonyl (C=O) groups excluding carboxylic acids is 3. The van der Waals surface area contributed by atoms with Crippen molar-refractivity contribution in [2.45, 2.75) is 103 Å². The van der Waals surface area contributed by atoms with E-state index in [1.54, 1.807) is 13.0 Å². The molecule has 0 amide bonds. The standard InChI is InChI=1S/C32H46O9/c1-18-10-11-27(4)12-14-29(6)24-23(41-20(3)34)25(36)30(19(2)33)17-40-22(35)9-8-21(30)28(24,5)13-15-31(29,26(37)39-7)32(27,38)16-18/h8-9,19,21,23-25,33,36,38H,1,10-17H2,2-7H3/t19-,21+,23+,24+,25+,27-,28+,29-,30-,31-,32+/m1/s1. The summed E-state index contributed by atoms with van der Waals surface area (Å²) in [4.78, 5) is 39.4. The zero-order valence-electron chi connectivity index (χ0n) is 25.2. The maximum Gasteiger partial charge on any atom is 0.330 e. The molecule has 11 atom stereocenters. The molecule has 9 heteroatoms. The van der Waals surface area contributed by atoms with Gasteiger partial charge in [-0.3, -0.25) is 9.59 Å². The number of carbonyl (C=O) groups is 3. The number of hydrogen-bond donors (Lipinski definition) is 3. The molecule has 0 spiro atoms. The molecule has 0 radical (unpaired) electrons. The second kappa shape index (κ2) is 9.38. The Balaban J connectivity index is 1.81. The molecule has 1 heterocycles. The Morgan fingerprint density at radius 1 is 1.15 bits per heavy atom. The summed E-state index contributed by atoms with van der Waals surface area (Å²) >= 11 is 0. The second-order valence-electron chi connectivity index (χ2n) is 14.4. The Hall–Kier alpha value is -2.23. The highest BCUT2D eigenvalue weighted by molar-refractivity contribution is 5.83. The minimum Gasteiger partial charge on any atom is -0.468 e. The lowest BCUT2D eigenvalue weighted by Crippen LogP contribution is -2.80. The van der Waals surface area contributed by atoms with E-state index >= 15 is 0 Å². The molecule has 4 aliphatic carbocycles. The van der Waals surface area contributed by atoms with Crippen LogP contribution in [0.3, 0.4) is 0 Å². The molecule has 0 aromatic heterocycles. The number of fused-ring (bicyclic) bond motifs is 7. The number of methoxy groups -OCH3 is 1. The molecule has 0 saturated heterocycles. The number of cyclic esters (lactones) is 1. The molecule has 228 valence electrons. The largest absolute Gasteiger partial charge is 0.468 e. The van der Waals surface area contributed by atoms with Gasteiger partial charge in [0.1, 0.15) is 24.2 Å². The quantitative estimate of drug-likeness (QED) is 0.263. The Labute approximate surface area is 242 Å². The van der Waals surface area contributed by atoms with Crippen LogP contribution in [0.4, 0.5) is 0 Å². The maximum absolute atomic E-state index is 14.3. The van der Waals surface area contributed by atoms with Gasteiger partial charge >= 0.3 is 17.9 Å². The van der Waals surface area contributed by atoms with E-state index < -0.39 is 80.7 Å². The molecule has 4 fully saturated rings. The van der Waals surface area contributed by atoms with E-state index in [1.165, 1.54) is 20.1 Å². The SMILES string of the molecule is C=C1CC[C@]2(C)CC[C@]3(C)[C@H]4[C@H](OC(C)=O)[C@H](O)[C@@]5([C@@H](C)O)COC(=O)C=C[C@H]5[C@]4(C)CC[C@]3(C(=O)OC)[C@]2(O)C1. The summed E-state index contributed by atoms with van der Waals surface area (Å²) in [5.74, 6) is -2.90. The zero-order valence-corrected chi connectivity index (χ0v) is 25.2. The van der Waals surface area contributed by atoms with Crippen molar-refractivity contribution in [3.63, 3.8) is 0 Å². The number of aliphatic hydroxyl groups is 3. The number of esters is 3. The molecular formula is C32H46O9. The van der Waals surface area contributed by atoms with Crippen LogP contribution < -0.4 is 0 Å². The molecule has 3 N–H and O–H groups in total. The molecule has 0 unspecified atom stereocenters. The van der Waals surface area contributed by atoms with Gasteiger partial charge in [0, 0.05) is 18.9 Å². The van der Waals surface area contributed by atoms with Crippen molar-refractivity contribution in [3.05, 3.63) is 24.3 Å². The van der Waals surface area contributed by atoms with Crippen molar-refractivity contribution in [2.75, 3.05) is 13.7 Å². The van der Waals surface area contributed by atoms with E-state index in [1.807, 2.05) is 20.8 Å². The van der Waals surface area contributed by atoms with Crippen LogP contribution in [-0.4, -0.2) is 70.9 Å². The predicted molar refractivity (Wildman–Crippen MR) is 148 cm³/mol. The van der Waals surface area contributed by atoms with Crippen molar-refractivity contribution in [1.29, 1.82) is 0 Å². The summed E-state index contributed by atoms with van der Waals surface area (Å²) in [5.41, 5.74) is -5.72. The van der Waals surface area contributed by atoms with Gasteiger partial charge in [-0.15, -0.1) is 0 Å². The van der Waals surface area contributed by atoms with Gasteiger partial charge in [-0.05, 0) is 74.0 Å². The minimum atomic E-state index is -1.49. The van der Waals surface area contributed by atoms with Gasteiger partial charge in [0.25, 0.3) is 0 Å². The van der Waals surface area contributed by atoms with Crippen LogP contribution in [-0.2, 0) is 28.6 Å². The van der Waals surface area contributed by atoms with Gasteiger partial charge in [0.05, 0.1) is 24.2 Å². The minimum absolute atomic E-state index is 0.252. The topological polar surface area (TPSA) is 140 Å². The van der Waals surface area contributed by atoms with Crippen LogP contribution in [0.5, 0.6) is 0 Å². The predicted octanol–water partition coefficient (Wildman–Crippen LogP) is 3.24. The summed E-state index contributed by atoms with van der Waals surface area (Å²) < 4.78 is 17.0. The molecular weight excluding hydrogens is 528 g/mol. The zero-order chi connectivity index (χ0) is 30.4. The normalized spacial score (nSPS) is 49.7. The highest BCUT2D eigenvalue weighted by atomic mass is 16.6. The lowest BCUT2D eigenvalue weighted by molar-refractivity contribution is -0.337. The molecule has 4 saturated carbocycles. The lowest BCUT2D eigenvalue weighted by atomic mass is 9.29. The first-order chi connectivity index (χ1) is 19.0. The summed E-state index contributed by atoms with van der Waals surface area (Å²) in [5, 5.41) is 36.4. The van der Waals surface area contributed by atoms with Gasteiger partial charge < -0.3 is 29.5 Å². The first-order valence-corrected chi connectivity index (χ1v) is 14.9. The van der Waals surface area contributed by atoms with E-state index in [0.29, 0.717) is 25.7 Å². The van der Waals surface area contributed by atoms with Crippen molar-refractivity contribution < 1.29 is 43.9 Å². The number of rotatable bonds is 3. The van der Waals surface area contributed by atoms with Crippen LogP contribution in [0.25, 0.3) is 0 Å². The molecule has 0 bridgehead atoms. The molecule has 0 aromatic carbocycles. The average molecular weight is 575 g/mol. The Morgan fingerprint density at radius 3 is 2.44 bits per heavy atom. The third kappa shape index (κ3) is 3.54. The molecule has 5 aliphatic rings. The summed E-state index contributed by atoms with van der Waals surface area (Å²) in [6.07, 6.45) is 2.86. The Bertz CT molecular complexity index is 1190. The van der Waals surface area contributed by atoms with Crippen LogP contribution in [0.15, 0.2) is 24.3 Å². The number of ether oxygens (including phenoxy) is 3. The summed E-state index contributed by atoms with van der Waals surface area (Å²) in [6, 6.07) is 0. The monoisotopic (exact) mass is 574 g/mol. The molecule has 0 aromatic rings. The average Bonchev–Trinajstić information content (AvgIpc) is 3.08. The summed E-state index contributed by atoms with van der Waals surface area (Å²) in [6.45, 7) is 12.8. The van der Waals surface area contributed by atoms with E-state index in [-0.39, 0.29) is 19.4 Å².